The van der Waals surface area contributed by atoms with Crippen molar-refractivity contribution in [2.24, 2.45) is 0 Å². The molecule has 1 aromatic heterocycles. The Morgan fingerprint density at radius 1 is 1.24 bits per heavy atom. The molecule has 0 aliphatic heterocycles. The molecule has 1 aliphatic rings. The maximum Gasteiger partial charge on any atom is 0.289 e. The number of fused-ring (bicyclic) bond motifs is 1. The van der Waals surface area contributed by atoms with Crippen LogP contribution < -0.4 is 5.32 Å². The van der Waals surface area contributed by atoms with Gasteiger partial charge in [0.25, 0.3) is 5.91 Å². The highest BCUT2D eigenvalue weighted by Gasteiger charge is 2.30. The Morgan fingerprint density at radius 2 is 2.07 bits per heavy atom. The monoisotopic (exact) mass is 394 g/mol. The van der Waals surface area contributed by atoms with Crippen LogP contribution in [0.3, 0.4) is 0 Å². The molecular formula is C23H27FN4O. The SMILES string of the molecule is CCN(C(=O)c1nc2ccc(F)cc2[nH]1)[C@H]1CCC[C@@H](NCc2ccccc2)C1. The van der Waals surface area contributed by atoms with E-state index in [0.717, 1.165) is 32.2 Å². The Bertz CT molecular complexity index is 971. The first-order valence-electron chi connectivity index (χ1n) is 10.4. The lowest BCUT2D eigenvalue weighted by Gasteiger charge is -2.37. The van der Waals surface area contributed by atoms with E-state index in [9.17, 15) is 9.18 Å². The lowest BCUT2D eigenvalue weighted by molar-refractivity contribution is 0.0617. The fourth-order valence-electron chi connectivity index (χ4n) is 4.28. The number of imidazole rings is 1. The van der Waals surface area contributed by atoms with Crippen LogP contribution in [0.4, 0.5) is 4.39 Å². The van der Waals surface area contributed by atoms with Gasteiger partial charge in [-0.05, 0) is 56.4 Å². The molecule has 1 heterocycles. The number of H-pyrrole nitrogens is 1. The Balaban J connectivity index is 1.43. The van der Waals surface area contributed by atoms with Crippen LogP contribution in [-0.4, -0.2) is 39.4 Å². The maximum absolute atomic E-state index is 13.5. The molecule has 2 aromatic carbocycles. The standard InChI is InChI=1S/C23H27FN4O/c1-2-28(23(29)22-26-20-12-11-17(24)13-21(20)27-22)19-10-6-9-18(14-19)25-15-16-7-4-3-5-8-16/h3-5,7-8,11-13,18-19,25H,2,6,9-10,14-15H2,1H3,(H,26,27)/t18-,19+/m1/s1. The summed E-state index contributed by atoms with van der Waals surface area (Å²) in [7, 11) is 0. The third kappa shape index (κ3) is 4.48. The maximum atomic E-state index is 13.5. The van der Waals surface area contributed by atoms with Crippen molar-refractivity contribution in [3.8, 4) is 0 Å². The van der Waals surface area contributed by atoms with Crippen molar-refractivity contribution in [2.45, 2.75) is 51.2 Å². The Hall–Kier alpha value is -2.73. The van der Waals surface area contributed by atoms with Crippen molar-refractivity contribution in [1.29, 1.82) is 0 Å². The van der Waals surface area contributed by atoms with Gasteiger partial charge in [-0.25, -0.2) is 9.37 Å². The molecule has 2 atom stereocenters. The van der Waals surface area contributed by atoms with Gasteiger partial charge in [-0.15, -0.1) is 0 Å². The third-order valence-corrected chi connectivity index (χ3v) is 5.77. The van der Waals surface area contributed by atoms with E-state index in [1.54, 1.807) is 6.07 Å². The molecule has 0 spiro atoms. The van der Waals surface area contributed by atoms with Crippen molar-refractivity contribution in [3.05, 3.63) is 65.7 Å². The summed E-state index contributed by atoms with van der Waals surface area (Å²) in [6, 6.07) is 15.3. The van der Waals surface area contributed by atoms with Crippen LogP contribution in [0.5, 0.6) is 0 Å². The van der Waals surface area contributed by atoms with Gasteiger partial charge >= 0.3 is 0 Å². The van der Waals surface area contributed by atoms with Crippen LogP contribution in [0.1, 0.15) is 48.8 Å². The van der Waals surface area contributed by atoms with E-state index in [0.29, 0.717) is 23.6 Å². The number of nitrogens with one attached hydrogen (secondary N) is 2. The highest BCUT2D eigenvalue weighted by atomic mass is 19.1. The molecule has 2 N–H and O–H groups in total. The number of aromatic amines is 1. The first-order chi connectivity index (χ1) is 14.1. The molecular weight excluding hydrogens is 367 g/mol. The lowest BCUT2D eigenvalue weighted by atomic mass is 9.89. The zero-order valence-corrected chi connectivity index (χ0v) is 16.7. The molecule has 4 rings (SSSR count). The predicted octanol–water partition coefficient (Wildman–Crippen LogP) is 4.27. The van der Waals surface area contributed by atoms with Gasteiger partial charge in [-0.1, -0.05) is 30.3 Å². The molecule has 0 bridgehead atoms. The summed E-state index contributed by atoms with van der Waals surface area (Å²) in [6.45, 7) is 3.47. The molecule has 0 radical (unpaired) electrons. The first kappa shape index (κ1) is 19.6. The first-order valence-corrected chi connectivity index (χ1v) is 10.4. The average Bonchev–Trinajstić information content (AvgIpc) is 3.17. The second kappa shape index (κ2) is 8.74. The zero-order valence-electron chi connectivity index (χ0n) is 16.7. The van der Waals surface area contributed by atoms with Crippen LogP contribution in [0.25, 0.3) is 11.0 Å². The largest absolute Gasteiger partial charge is 0.334 e. The molecule has 152 valence electrons. The molecule has 1 saturated carbocycles. The summed E-state index contributed by atoms with van der Waals surface area (Å²) in [4.78, 5) is 22.4. The van der Waals surface area contributed by atoms with E-state index in [1.165, 1.54) is 17.7 Å². The predicted molar refractivity (Wildman–Crippen MR) is 112 cm³/mol. The number of hydrogen-bond acceptors (Lipinski definition) is 3. The number of carbonyl (C=O) groups is 1. The van der Waals surface area contributed by atoms with Gasteiger partial charge in [-0.3, -0.25) is 4.79 Å². The molecule has 5 nitrogen and oxygen atoms in total. The number of benzene rings is 2. The summed E-state index contributed by atoms with van der Waals surface area (Å²) < 4.78 is 13.5. The fraction of sp³-hybridized carbons (Fsp3) is 0.391. The Kier molecular flexibility index (Phi) is 5.90. The summed E-state index contributed by atoms with van der Waals surface area (Å²) in [5.74, 6) is -0.170. The molecule has 0 unspecified atom stereocenters. The minimum Gasteiger partial charge on any atom is -0.334 e. The molecule has 0 saturated heterocycles. The van der Waals surface area contributed by atoms with Gasteiger partial charge in [0.1, 0.15) is 5.82 Å². The minimum absolute atomic E-state index is 0.113. The number of rotatable bonds is 6. The number of hydrogen-bond donors (Lipinski definition) is 2. The highest BCUT2D eigenvalue weighted by molar-refractivity contribution is 5.94. The average molecular weight is 394 g/mol. The molecule has 6 heteroatoms. The van der Waals surface area contributed by atoms with Crippen LogP contribution in [0, 0.1) is 5.82 Å². The van der Waals surface area contributed by atoms with E-state index in [-0.39, 0.29) is 23.6 Å². The second-order valence-electron chi connectivity index (χ2n) is 7.72. The van der Waals surface area contributed by atoms with Gasteiger partial charge in [0.05, 0.1) is 11.0 Å². The van der Waals surface area contributed by atoms with E-state index in [1.807, 2.05) is 17.9 Å². The van der Waals surface area contributed by atoms with Crippen LogP contribution in [0.15, 0.2) is 48.5 Å². The van der Waals surface area contributed by atoms with Gasteiger partial charge < -0.3 is 15.2 Å². The summed E-state index contributed by atoms with van der Waals surface area (Å²) in [5, 5.41) is 3.65. The van der Waals surface area contributed by atoms with E-state index in [4.69, 9.17) is 0 Å². The van der Waals surface area contributed by atoms with Crippen LogP contribution in [-0.2, 0) is 6.54 Å². The second-order valence-corrected chi connectivity index (χ2v) is 7.72. The van der Waals surface area contributed by atoms with Crippen molar-refractivity contribution < 1.29 is 9.18 Å². The van der Waals surface area contributed by atoms with Gasteiger partial charge in [0.2, 0.25) is 0 Å². The summed E-state index contributed by atoms with van der Waals surface area (Å²) >= 11 is 0. The third-order valence-electron chi connectivity index (χ3n) is 5.77. The fourth-order valence-corrected chi connectivity index (χ4v) is 4.28. The van der Waals surface area contributed by atoms with Crippen LogP contribution >= 0.6 is 0 Å². The minimum atomic E-state index is -0.341. The number of nitrogens with zero attached hydrogens (tertiary/aromatic N) is 2. The Morgan fingerprint density at radius 3 is 2.86 bits per heavy atom. The van der Waals surface area contributed by atoms with E-state index >= 15 is 0 Å². The normalized spacial score (nSPS) is 19.4. The molecule has 1 amide bonds. The van der Waals surface area contributed by atoms with Gasteiger partial charge in [-0.2, -0.15) is 0 Å². The quantitative estimate of drug-likeness (QED) is 0.657. The van der Waals surface area contributed by atoms with E-state index in [2.05, 4.69) is 39.6 Å². The number of amides is 1. The molecule has 29 heavy (non-hydrogen) atoms. The molecule has 1 aliphatic carbocycles. The highest BCUT2D eigenvalue weighted by Crippen LogP contribution is 2.25. The topological polar surface area (TPSA) is 61.0 Å². The number of halogens is 1. The Labute approximate surface area is 170 Å². The van der Waals surface area contributed by atoms with Crippen molar-refractivity contribution in [1.82, 2.24) is 20.2 Å². The zero-order chi connectivity index (χ0) is 20.2. The van der Waals surface area contributed by atoms with Gasteiger partial charge in [0, 0.05) is 25.2 Å². The molecule has 1 fully saturated rings. The van der Waals surface area contributed by atoms with Crippen molar-refractivity contribution in [2.75, 3.05) is 6.54 Å². The lowest BCUT2D eigenvalue weighted by Crippen LogP contribution is -2.47. The van der Waals surface area contributed by atoms with Crippen molar-refractivity contribution >= 4 is 16.9 Å². The molecule has 3 aromatic rings. The van der Waals surface area contributed by atoms with Crippen molar-refractivity contribution in [3.63, 3.8) is 0 Å². The van der Waals surface area contributed by atoms with Crippen LogP contribution in [0.2, 0.25) is 0 Å². The number of carbonyl (C=O) groups excluding carboxylic acids is 1. The summed E-state index contributed by atoms with van der Waals surface area (Å²) in [5.41, 5.74) is 2.43. The van der Waals surface area contributed by atoms with E-state index < -0.39 is 0 Å². The summed E-state index contributed by atoms with van der Waals surface area (Å²) in [6.07, 6.45) is 4.14. The van der Waals surface area contributed by atoms with Gasteiger partial charge in [0.15, 0.2) is 5.82 Å². The number of aromatic nitrogens is 2. The smallest absolute Gasteiger partial charge is 0.289 e.